The Kier molecular flexibility index (Phi) is 2.90. The summed E-state index contributed by atoms with van der Waals surface area (Å²) in [6.07, 6.45) is 3.78. The van der Waals surface area contributed by atoms with Crippen molar-refractivity contribution in [3.8, 4) is 0 Å². The maximum atomic E-state index is 11.8. The van der Waals surface area contributed by atoms with Crippen LogP contribution in [0.3, 0.4) is 0 Å². The fraction of sp³-hybridized carbons (Fsp3) is 0.818. The molecule has 0 aromatic carbocycles. The van der Waals surface area contributed by atoms with Crippen LogP contribution in [-0.2, 0) is 29.2 Å². The van der Waals surface area contributed by atoms with Crippen molar-refractivity contribution in [2.45, 2.75) is 49.9 Å². The normalized spacial score (nSPS) is 30.3. The number of nitrogens with two attached hydrogens (primary N) is 1. The maximum absolute atomic E-state index is 11.8. The van der Waals surface area contributed by atoms with E-state index in [4.69, 9.17) is 5.73 Å². The summed E-state index contributed by atoms with van der Waals surface area (Å²) in [5, 5.41) is 8.02. The molecular formula is C11H18N4O2S. The van der Waals surface area contributed by atoms with E-state index in [1.165, 1.54) is 0 Å². The van der Waals surface area contributed by atoms with E-state index in [2.05, 4.69) is 10.2 Å². The predicted molar refractivity (Wildman–Crippen MR) is 66.8 cm³/mol. The van der Waals surface area contributed by atoms with E-state index in [0.717, 1.165) is 37.3 Å². The number of aryl methyl sites for hydroxylation is 1. The molecule has 1 fully saturated rings. The smallest absolute Gasteiger partial charge is 0.153 e. The zero-order valence-electron chi connectivity index (χ0n) is 10.2. The first-order chi connectivity index (χ1) is 8.56. The van der Waals surface area contributed by atoms with Crippen LogP contribution in [0.25, 0.3) is 0 Å². The monoisotopic (exact) mass is 270 g/mol. The van der Waals surface area contributed by atoms with Gasteiger partial charge in [0.05, 0.1) is 11.0 Å². The molecule has 0 aliphatic carbocycles. The lowest BCUT2D eigenvalue weighted by Crippen LogP contribution is -2.33. The van der Waals surface area contributed by atoms with Gasteiger partial charge >= 0.3 is 0 Å². The Morgan fingerprint density at radius 3 is 2.89 bits per heavy atom. The van der Waals surface area contributed by atoms with Gasteiger partial charge in [0.25, 0.3) is 0 Å². The summed E-state index contributed by atoms with van der Waals surface area (Å²) in [7, 11) is -2.92. The first-order valence-corrected chi connectivity index (χ1v) is 8.16. The zero-order valence-corrected chi connectivity index (χ0v) is 11.1. The summed E-state index contributed by atoms with van der Waals surface area (Å²) in [6.45, 7) is 0.713. The van der Waals surface area contributed by atoms with Crippen LogP contribution in [-0.4, -0.2) is 40.2 Å². The van der Waals surface area contributed by atoms with Crippen molar-refractivity contribution in [3.05, 3.63) is 11.6 Å². The molecule has 18 heavy (non-hydrogen) atoms. The van der Waals surface area contributed by atoms with Gasteiger partial charge < -0.3 is 10.3 Å². The fourth-order valence-corrected chi connectivity index (χ4v) is 4.68. The average molecular weight is 270 g/mol. The summed E-state index contributed by atoms with van der Waals surface area (Å²) in [5.41, 5.74) is 5.94. The SMILES string of the molecule is NC1CCc2nnc(CC3CCCS3(=O)=O)n2C1. The van der Waals surface area contributed by atoms with E-state index < -0.39 is 9.84 Å². The van der Waals surface area contributed by atoms with Gasteiger partial charge in [0.15, 0.2) is 9.84 Å². The quantitative estimate of drug-likeness (QED) is 0.794. The molecule has 0 radical (unpaired) electrons. The van der Waals surface area contributed by atoms with Gasteiger partial charge in [-0.3, -0.25) is 0 Å². The molecule has 2 atom stereocenters. The number of aromatic nitrogens is 3. The summed E-state index contributed by atoms with van der Waals surface area (Å²) in [6, 6.07) is 0.132. The number of sulfone groups is 1. The molecule has 0 saturated carbocycles. The summed E-state index contributed by atoms with van der Waals surface area (Å²) in [4.78, 5) is 0. The summed E-state index contributed by atoms with van der Waals surface area (Å²) < 4.78 is 25.7. The molecule has 2 unspecified atom stereocenters. The molecule has 2 aliphatic heterocycles. The van der Waals surface area contributed by atoms with Gasteiger partial charge in [-0.05, 0) is 19.3 Å². The number of rotatable bonds is 2. The van der Waals surface area contributed by atoms with Crippen molar-refractivity contribution in [1.29, 1.82) is 0 Å². The Morgan fingerprint density at radius 2 is 2.17 bits per heavy atom. The van der Waals surface area contributed by atoms with Crippen LogP contribution in [0.5, 0.6) is 0 Å². The van der Waals surface area contributed by atoms with Crippen molar-refractivity contribution in [2.24, 2.45) is 5.73 Å². The summed E-state index contributed by atoms with van der Waals surface area (Å²) in [5.74, 6) is 2.05. The van der Waals surface area contributed by atoms with E-state index in [1.54, 1.807) is 0 Å². The Labute approximate surface area is 106 Å². The lowest BCUT2D eigenvalue weighted by atomic mass is 10.1. The van der Waals surface area contributed by atoms with Gasteiger partial charge in [0.2, 0.25) is 0 Å². The van der Waals surface area contributed by atoms with E-state index >= 15 is 0 Å². The van der Waals surface area contributed by atoms with Crippen LogP contribution in [0.15, 0.2) is 0 Å². The third-order valence-electron chi connectivity index (χ3n) is 3.93. The standard InChI is InChI=1S/C11H18N4O2S/c12-8-3-4-10-13-14-11(15(10)7-8)6-9-2-1-5-18(9,16)17/h8-9H,1-7,12H2. The molecule has 3 rings (SSSR count). The highest BCUT2D eigenvalue weighted by molar-refractivity contribution is 7.92. The molecule has 1 saturated heterocycles. The fourth-order valence-electron chi connectivity index (χ4n) is 2.85. The molecule has 1 aromatic heterocycles. The van der Waals surface area contributed by atoms with E-state index in [0.29, 0.717) is 18.7 Å². The third kappa shape index (κ3) is 2.05. The zero-order chi connectivity index (χ0) is 12.8. The topological polar surface area (TPSA) is 90.9 Å². The van der Waals surface area contributed by atoms with Gasteiger partial charge in [-0.1, -0.05) is 0 Å². The molecule has 2 aliphatic rings. The van der Waals surface area contributed by atoms with Crippen LogP contribution in [0, 0.1) is 0 Å². The van der Waals surface area contributed by atoms with E-state index in [9.17, 15) is 8.42 Å². The molecule has 7 heteroatoms. The first kappa shape index (κ1) is 12.1. The molecule has 0 amide bonds. The van der Waals surface area contributed by atoms with Crippen LogP contribution in [0.2, 0.25) is 0 Å². The minimum atomic E-state index is -2.92. The van der Waals surface area contributed by atoms with E-state index in [1.807, 2.05) is 4.57 Å². The molecule has 2 N–H and O–H groups in total. The number of fused-ring (bicyclic) bond motifs is 1. The van der Waals surface area contributed by atoms with Gasteiger partial charge in [0, 0.05) is 25.4 Å². The van der Waals surface area contributed by atoms with Crippen LogP contribution in [0.4, 0.5) is 0 Å². The highest BCUT2D eigenvalue weighted by Crippen LogP contribution is 2.24. The number of hydrogen-bond acceptors (Lipinski definition) is 5. The second-order valence-corrected chi connectivity index (χ2v) is 7.68. The van der Waals surface area contributed by atoms with Crippen LogP contribution >= 0.6 is 0 Å². The lowest BCUT2D eigenvalue weighted by Gasteiger charge is -2.21. The molecule has 0 bridgehead atoms. The second kappa shape index (κ2) is 4.31. The largest absolute Gasteiger partial charge is 0.326 e. The third-order valence-corrected chi connectivity index (χ3v) is 6.21. The first-order valence-electron chi connectivity index (χ1n) is 6.44. The van der Waals surface area contributed by atoms with Crippen molar-refractivity contribution in [2.75, 3.05) is 5.75 Å². The average Bonchev–Trinajstić information content (AvgIpc) is 2.84. The molecular weight excluding hydrogens is 252 g/mol. The number of hydrogen-bond donors (Lipinski definition) is 1. The lowest BCUT2D eigenvalue weighted by molar-refractivity contribution is 0.441. The van der Waals surface area contributed by atoms with Crippen LogP contribution in [0.1, 0.15) is 30.9 Å². The second-order valence-electron chi connectivity index (χ2n) is 5.28. The van der Waals surface area contributed by atoms with Crippen molar-refractivity contribution < 1.29 is 8.42 Å². The number of nitrogens with zero attached hydrogens (tertiary/aromatic N) is 3. The Morgan fingerprint density at radius 1 is 1.33 bits per heavy atom. The molecule has 100 valence electrons. The molecule has 6 nitrogen and oxygen atoms in total. The Hall–Kier alpha value is -0.950. The van der Waals surface area contributed by atoms with Crippen LogP contribution < -0.4 is 5.73 Å². The highest BCUT2D eigenvalue weighted by atomic mass is 32.2. The van der Waals surface area contributed by atoms with Gasteiger partial charge in [-0.25, -0.2) is 8.42 Å². The molecule has 1 aromatic rings. The van der Waals surface area contributed by atoms with E-state index in [-0.39, 0.29) is 11.3 Å². The minimum absolute atomic E-state index is 0.132. The minimum Gasteiger partial charge on any atom is -0.326 e. The molecule has 3 heterocycles. The van der Waals surface area contributed by atoms with Gasteiger partial charge in [-0.15, -0.1) is 10.2 Å². The van der Waals surface area contributed by atoms with Gasteiger partial charge in [-0.2, -0.15) is 0 Å². The molecule has 0 spiro atoms. The van der Waals surface area contributed by atoms with Gasteiger partial charge in [0.1, 0.15) is 11.6 Å². The van der Waals surface area contributed by atoms with Crippen molar-refractivity contribution in [3.63, 3.8) is 0 Å². The maximum Gasteiger partial charge on any atom is 0.153 e. The highest BCUT2D eigenvalue weighted by Gasteiger charge is 2.33. The predicted octanol–water partition coefficient (Wildman–Crippen LogP) is -0.329. The summed E-state index contributed by atoms with van der Waals surface area (Å²) >= 11 is 0. The Bertz CT molecular complexity index is 551. The van der Waals surface area contributed by atoms with Crippen molar-refractivity contribution >= 4 is 9.84 Å². The Balaban J connectivity index is 1.84. The van der Waals surface area contributed by atoms with Crippen molar-refractivity contribution in [1.82, 2.24) is 14.8 Å².